The van der Waals surface area contributed by atoms with Crippen molar-refractivity contribution in [3.05, 3.63) is 34.3 Å². The molecule has 0 bridgehead atoms. The van der Waals surface area contributed by atoms with Gasteiger partial charge in [-0.1, -0.05) is 17.7 Å². The van der Waals surface area contributed by atoms with E-state index in [1.54, 1.807) is 0 Å². The molecule has 0 spiro atoms. The number of aliphatic hydroxyl groups excluding tert-OH is 1. The molecule has 1 unspecified atom stereocenters. The lowest BCUT2D eigenvalue weighted by atomic mass is 10.0. The minimum atomic E-state index is -0.372. The number of rotatable bonds is 0. The van der Waals surface area contributed by atoms with Gasteiger partial charge in [-0.15, -0.1) is 0 Å². The lowest BCUT2D eigenvalue weighted by molar-refractivity contribution is 0.170. The summed E-state index contributed by atoms with van der Waals surface area (Å²) in [6.45, 7) is 1.68. The second kappa shape index (κ2) is 3.66. The maximum atomic E-state index is 9.77. The topological polar surface area (TPSA) is 32.3 Å². The van der Waals surface area contributed by atoms with Gasteiger partial charge in [-0.05, 0) is 36.2 Å². The first-order valence-corrected chi connectivity index (χ1v) is 4.82. The maximum Gasteiger partial charge on any atom is 0.0805 e. The van der Waals surface area contributed by atoms with E-state index < -0.39 is 0 Å². The molecule has 2 nitrogen and oxygen atoms in total. The smallest absolute Gasteiger partial charge is 0.0805 e. The lowest BCUT2D eigenvalue weighted by Gasteiger charge is -2.10. The second-order valence-corrected chi connectivity index (χ2v) is 3.76. The predicted octanol–water partition coefficient (Wildman–Crippen LogP) is 1.87. The maximum absolute atomic E-state index is 9.77. The summed E-state index contributed by atoms with van der Waals surface area (Å²) < 4.78 is 0. The average Bonchev–Trinajstić information content (AvgIpc) is 2.29. The molecule has 2 rings (SSSR count). The van der Waals surface area contributed by atoms with Gasteiger partial charge in [0.15, 0.2) is 0 Å². The zero-order valence-corrected chi connectivity index (χ0v) is 8.01. The molecule has 0 saturated carbocycles. The monoisotopic (exact) mass is 197 g/mol. The van der Waals surface area contributed by atoms with Gasteiger partial charge in [0, 0.05) is 11.6 Å². The molecular formula is C10H12ClNO. The van der Waals surface area contributed by atoms with Crippen LogP contribution in [0.25, 0.3) is 0 Å². The Kier molecular flexibility index (Phi) is 2.54. The minimum Gasteiger partial charge on any atom is -0.388 e. The van der Waals surface area contributed by atoms with Gasteiger partial charge in [0.25, 0.3) is 0 Å². The quantitative estimate of drug-likeness (QED) is 0.666. The van der Waals surface area contributed by atoms with E-state index in [1.807, 2.05) is 18.2 Å². The zero-order valence-electron chi connectivity index (χ0n) is 7.26. The fourth-order valence-corrected chi connectivity index (χ4v) is 1.83. The van der Waals surface area contributed by atoms with Crippen LogP contribution in [0.15, 0.2) is 18.2 Å². The van der Waals surface area contributed by atoms with E-state index in [1.165, 1.54) is 0 Å². The third-order valence-electron chi connectivity index (χ3n) is 2.38. The number of hydrogen-bond acceptors (Lipinski definition) is 2. The van der Waals surface area contributed by atoms with Gasteiger partial charge >= 0.3 is 0 Å². The van der Waals surface area contributed by atoms with Crippen LogP contribution in [0.4, 0.5) is 0 Å². The van der Waals surface area contributed by atoms with E-state index in [0.29, 0.717) is 5.02 Å². The summed E-state index contributed by atoms with van der Waals surface area (Å²) in [6, 6.07) is 5.69. The molecule has 1 aliphatic rings. The zero-order chi connectivity index (χ0) is 9.26. The molecule has 1 atom stereocenters. The highest BCUT2D eigenvalue weighted by atomic mass is 35.5. The molecule has 1 aromatic carbocycles. The van der Waals surface area contributed by atoms with Crippen molar-refractivity contribution in [1.82, 2.24) is 5.32 Å². The first-order chi connectivity index (χ1) is 6.27. The van der Waals surface area contributed by atoms with Crippen LogP contribution in [0.2, 0.25) is 5.02 Å². The minimum absolute atomic E-state index is 0.372. The Morgan fingerprint density at radius 2 is 2.31 bits per heavy atom. The molecule has 0 amide bonds. The standard InChI is InChI=1S/C10H12ClNO/c11-8-2-1-7-6-12-4-3-10(13)9(7)5-8/h1-2,5,10,12-13H,3-4,6H2. The molecule has 13 heavy (non-hydrogen) atoms. The highest BCUT2D eigenvalue weighted by Gasteiger charge is 2.15. The summed E-state index contributed by atoms with van der Waals surface area (Å²) in [5, 5.41) is 13.7. The average molecular weight is 198 g/mol. The molecule has 1 heterocycles. The van der Waals surface area contributed by atoms with Crippen molar-refractivity contribution in [2.75, 3.05) is 6.54 Å². The van der Waals surface area contributed by atoms with Crippen molar-refractivity contribution in [1.29, 1.82) is 0 Å². The molecule has 0 fully saturated rings. The lowest BCUT2D eigenvalue weighted by Crippen LogP contribution is -2.12. The van der Waals surface area contributed by atoms with Crippen LogP contribution in [-0.2, 0) is 6.54 Å². The summed E-state index contributed by atoms with van der Waals surface area (Å²) in [5.41, 5.74) is 2.12. The Morgan fingerprint density at radius 3 is 3.15 bits per heavy atom. The molecular weight excluding hydrogens is 186 g/mol. The number of hydrogen-bond donors (Lipinski definition) is 2. The van der Waals surface area contributed by atoms with Crippen molar-refractivity contribution < 1.29 is 5.11 Å². The van der Waals surface area contributed by atoms with Gasteiger partial charge in [-0.3, -0.25) is 0 Å². The predicted molar refractivity (Wildman–Crippen MR) is 52.7 cm³/mol. The fraction of sp³-hybridized carbons (Fsp3) is 0.400. The van der Waals surface area contributed by atoms with E-state index in [9.17, 15) is 5.11 Å². The van der Waals surface area contributed by atoms with Gasteiger partial charge < -0.3 is 10.4 Å². The number of aliphatic hydroxyl groups is 1. The highest BCUT2D eigenvalue weighted by Crippen LogP contribution is 2.26. The highest BCUT2D eigenvalue weighted by molar-refractivity contribution is 6.30. The molecule has 70 valence electrons. The van der Waals surface area contributed by atoms with Crippen molar-refractivity contribution in [3.63, 3.8) is 0 Å². The fourth-order valence-electron chi connectivity index (χ4n) is 1.65. The SMILES string of the molecule is OC1CCNCc2ccc(Cl)cc21. The van der Waals surface area contributed by atoms with Crippen LogP contribution in [-0.4, -0.2) is 11.7 Å². The molecule has 0 saturated heterocycles. The van der Waals surface area contributed by atoms with E-state index in [4.69, 9.17) is 11.6 Å². The van der Waals surface area contributed by atoms with Gasteiger partial charge in [-0.25, -0.2) is 0 Å². The number of fused-ring (bicyclic) bond motifs is 1. The first-order valence-electron chi connectivity index (χ1n) is 4.44. The first kappa shape index (κ1) is 9.00. The van der Waals surface area contributed by atoms with Crippen LogP contribution >= 0.6 is 11.6 Å². The van der Waals surface area contributed by atoms with Gasteiger partial charge in [0.1, 0.15) is 0 Å². The Hall–Kier alpha value is -0.570. The number of benzene rings is 1. The van der Waals surface area contributed by atoms with Crippen LogP contribution in [0.5, 0.6) is 0 Å². The van der Waals surface area contributed by atoms with Gasteiger partial charge in [0.05, 0.1) is 6.10 Å². The van der Waals surface area contributed by atoms with E-state index >= 15 is 0 Å². The van der Waals surface area contributed by atoms with Crippen molar-refractivity contribution in [3.8, 4) is 0 Å². The Morgan fingerprint density at radius 1 is 1.46 bits per heavy atom. The van der Waals surface area contributed by atoms with Gasteiger partial charge in [-0.2, -0.15) is 0 Å². The van der Waals surface area contributed by atoms with Crippen molar-refractivity contribution in [2.45, 2.75) is 19.1 Å². The largest absolute Gasteiger partial charge is 0.388 e. The van der Waals surface area contributed by atoms with E-state index in [-0.39, 0.29) is 6.10 Å². The summed E-state index contributed by atoms with van der Waals surface area (Å²) in [5.74, 6) is 0. The Balaban J connectivity index is 2.43. The summed E-state index contributed by atoms with van der Waals surface area (Å²) in [7, 11) is 0. The van der Waals surface area contributed by atoms with Crippen molar-refractivity contribution in [2.24, 2.45) is 0 Å². The number of halogens is 1. The van der Waals surface area contributed by atoms with Crippen molar-refractivity contribution >= 4 is 11.6 Å². The third kappa shape index (κ3) is 1.85. The number of nitrogens with one attached hydrogen (secondary N) is 1. The van der Waals surface area contributed by atoms with Crippen LogP contribution in [0, 0.1) is 0 Å². The summed E-state index contributed by atoms with van der Waals surface area (Å²) >= 11 is 5.86. The molecule has 1 aromatic rings. The molecule has 3 heteroatoms. The third-order valence-corrected chi connectivity index (χ3v) is 2.61. The summed E-state index contributed by atoms with van der Waals surface area (Å²) in [4.78, 5) is 0. The molecule has 1 aliphatic heterocycles. The molecule has 0 radical (unpaired) electrons. The Labute approximate surface area is 82.5 Å². The molecule has 0 aliphatic carbocycles. The van der Waals surface area contributed by atoms with Crippen LogP contribution < -0.4 is 5.32 Å². The second-order valence-electron chi connectivity index (χ2n) is 3.32. The van der Waals surface area contributed by atoms with E-state index in [2.05, 4.69) is 5.32 Å². The normalized spacial score (nSPS) is 22.2. The van der Waals surface area contributed by atoms with Gasteiger partial charge in [0.2, 0.25) is 0 Å². The molecule has 0 aromatic heterocycles. The van der Waals surface area contributed by atoms with Crippen LogP contribution in [0.3, 0.4) is 0 Å². The molecule has 2 N–H and O–H groups in total. The van der Waals surface area contributed by atoms with Crippen LogP contribution in [0.1, 0.15) is 23.7 Å². The summed E-state index contributed by atoms with van der Waals surface area (Å²) in [6.07, 6.45) is 0.386. The Bertz CT molecular complexity index is 314. The van der Waals surface area contributed by atoms with E-state index in [0.717, 1.165) is 30.6 Å².